The summed E-state index contributed by atoms with van der Waals surface area (Å²) in [7, 11) is 0. The molecule has 0 radical (unpaired) electrons. The summed E-state index contributed by atoms with van der Waals surface area (Å²) < 4.78 is 56.1. The maximum absolute atomic E-state index is 14.0. The van der Waals surface area contributed by atoms with Crippen molar-refractivity contribution in [3.05, 3.63) is 112 Å². The molecule has 2 saturated carbocycles. The number of hydrogen-bond acceptors (Lipinski definition) is 8. The van der Waals surface area contributed by atoms with Crippen molar-refractivity contribution in [2.24, 2.45) is 0 Å². The van der Waals surface area contributed by atoms with Crippen molar-refractivity contribution in [3.63, 3.8) is 0 Å². The summed E-state index contributed by atoms with van der Waals surface area (Å²) in [6.07, 6.45) is 12.3. The number of rotatable bonds is 2. The first-order valence-corrected chi connectivity index (χ1v) is 19.0. The van der Waals surface area contributed by atoms with Crippen LogP contribution in [0.1, 0.15) is 137 Å². The van der Waals surface area contributed by atoms with Gasteiger partial charge in [-0.05, 0) is 73.2 Å². The first-order chi connectivity index (χ1) is 25.0. The molecule has 4 aromatic rings. The molecule has 2 aromatic heterocycles. The molecule has 0 aliphatic heterocycles. The van der Waals surface area contributed by atoms with Crippen molar-refractivity contribution in [1.82, 2.24) is 9.97 Å². The van der Waals surface area contributed by atoms with Gasteiger partial charge in [-0.3, -0.25) is 19.2 Å². The van der Waals surface area contributed by atoms with Gasteiger partial charge in [0.2, 0.25) is 0 Å². The van der Waals surface area contributed by atoms with Crippen molar-refractivity contribution in [3.8, 4) is 0 Å². The Kier molecular flexibility index (Phi) is 6.72. The fraction of sp³-hybridized carbons (Fsp3) is 0.300. The van der Waals surface area contributed by atoms with E-state index in [1.54, 1.807) is 0 Å². The third-order valence-electron chi connectivity index (χ3n) is 11.9. The summed E-state index contributed by atoms with van der Waals surface area (Å²) in [5.74, 6) is -7.38. The number of fused-ring (bicyclic) bond motifs is 10. The molecule has 0 N–H and O–H groups in total. The average molecular weight is 739 g/mol. The summed E-state index contributed by atoms with van der Waals surface area (Å²) in [6.45, 7) is 0. The number of thiazole rings is 2. The quantitative estimate of drug-likeness (QED) is 0.116. The molecule has 0 unspecified atom stereocenters. The van der Waals surface area contributed by atoms with E-state index in [4.69, 9.17) is 9.97 Å². The minimum absolute atomic E-state index is 0.157. The lowest BCUT2D eigenvalue weighted by atomic mass is 9.68. The van der Waals surface area contributed by atoms with Gasteiger partial charge in [-0.25, -0.2) is 27.5 Å². The van der Waals surface area contributed by atoms with Crippen LogP contribution in [0.5, 0.6) is 0 Å². The third kappa shape index (κ3) is 4.10. The molecule has 0 saturated heterocycles. The predicted octanol–water partition coefficient (Wildman–Crippen LogP) is 9.42. The van der Waals surface area contributed by atoms with Crippen molar-refractivity contribution in [2.75, 3.05) is 0 Å². The Bertz CT molecular complexity index is 2250. The van der Waals surface area contributed by atoms with Gasteiger partial charge in [-0.15, -0.1) is 22.7 Å². The highest BCUT2D eigenvalue weighted by Gasteiger charge is 2.60. The monoisotopic (exact) mass is 738 g/mol. The van der Waals surface area contributed by atoms with Gasteiger partial charge in [0.1, 0.15) is 10.0 Å². The lowest BCUT2D eigenvalue weighted by molar-refractivity contribution is 0.0975. The highest BCUT2D eigenvalue weighted by atomic mass is 32.1. The molecular formula is C40H26F4N2O4S2. The first kappa shape index (κ1) is 32.0. The van der Waals surface area contributed by atoms with Crippen LogP contribution in [0.3, 0.4) is 0 Å². The Morgan fingerprint density at radius 3 is 1.12 bits per heavy atom. The molecule has 52 heavy (non-hydrogen) atoms. The molecule has 0 atom stereocenters. The van der Waals surface area contributed by atoms with E-state index in [2.05, 4.69) is 0 Å². The second kappa shape index (κ2) is 10.9. The van der Waals surface area contributed by atoms with Crippen LogP contribution in [-0.4, -0.2) is 33.1 Å². The lowest BCUT2D eigenvalue weighted by Gasteiger charge is -2.35. The zero-order valence-electron chi connectivity index (χ0n) is 27.4. The number of benzene rings is 2. The summed E-state index contributed by atoms with van der Waals surface area (Å²) in [6, 6.07) is 3.11. The Morgan fingerprint density at radius 2 is 0.808 bits per heavy atom. The number of allylic oxidation sites excluding steroid dienone is 4. The maximum Gasteiger partial charge on any atom is 0.197 e. The van der Waals surface area contributed by atoms with E-state index >= 15 is 0 Å². The molecule has 12 heteroatoms. The smallest absolute Gasteiger partial charge is 0.197 e. The number of Topliss-reactive ketones (excluding diaryl/α,β-unsaturated/α-hetero) is 4. The largest absolute Gasteiger partial charge is 0.288 e. The van der Waals surface area contributed by atoms with Gasteiger partial charge < -0.3 is 0 Å². The Balaban J connectivity index is 1.11. The summed E-state index contributed by atoms with van der Waals surface area (Å²) in [5, 5.41) is 0.967. The molecule has 2 spiro atoms. The van der Waals surface area contributed by atoms with Crippen LogP contribution < -0.4 is 0 Å². The molecular weight excluding hydrogens is 713 g/mol. The van der Waals surface area contributed by atoms with Crippen LogP contribution >= 0.6 is 22.7 Å². The summed E-state index contributed by atoms with van der Waals surface area (Å²) in [4.78, 5) is 65.4. The van der Waals surface area contributed by atoms with Gasteiger partial charge in [0.25, 0.3) is 0 Å². The average Bonchev–Trinajstić information content (AvgIpc) is 3.94. The standard InChI is InChI=1S/C40H26F4N2O4S2/c41-23-11-17-18(12-24(23)42)32(48)21(31(17)47)15-27-45-37-36(52-27)30-29(39(37)7-3-1-4-8-39)35-38(40(30)9-5-2-6-10-40)46-28(51-35)16-22-33(49)19-13-25(43)26(44)14-20(19)34(22)50/h11-16H,1-10H2. The number of nitrogens with zero attached hydrogens (tertiary/aromatic N) is 2. The highest BCUT2D eigenvalue weighted by molar-refractivity contribution is 7.15. The van der Waals surface area contributed by atoms with Crippen LogP contribution in [0, 0.1) is 23.3 Å². The van der Waals surface area contributed by atoms with E-state index in [1.165, 1.54) is 46.0 Å². The van der Waals surface area contributed by atoms with Crippen molar-refractivity contribution in [1.29, 1.82) is 0 Å². The van der Waals surface area contributed by atoms with E-state index in [0.717, 1.165) is 110 Å². The molecule has 6 aliphatic rings. The summed E-state index contributed by atoms with van der Waals surface area (Å²) in [5.41, 5.74) is 2.40. The number of carbonyl (C=O) groups is 4. The number of ketones is 4. The second-order valence-corrected chi connectivity index (χ2v) is 16.6. The molecule has 0 bridgehead atoms. The van der Waals surface area contributed by atoms with Crippen molar-refractivity contribution >= 4 is 69.1 Å². The fourth-order valence-corrected chi connectivity index (χ4v) is 12.1. The SMILES string of the molecule is O=C1C(=Cc2nc3c(s2)C2=C(c4sc(C=C5C(=O)c6cc(F)c(F)cc6C5=O)nc4C24CCCCC4)C32CCCCC2)C(=O)c2cc(F)c(F)cc21. The van der Waals surface area contributed by atoms with E-state index in [1.807, 2.05) is 0 Å². The van der Waals surface area contributed by atoms with E-state index in [0.29, 0.717) is 10.0 Å². The second-order valence-electron chi connectivity index (χ2n) is 14.6. The van der Waals surface area contributed by atoms with Gasteiger partial charge in [0.15, 0.2) is 46.4 Å². The van der Waals surface area contributed by atoms with Gasteiger partial charge in [0, 0.05) is 33.1 Å². The lowest BCUT2D eigenvalue weighted by Crippen LogP contribution is -2.29. The maximum atomic E-state index is 14.0. The molecule has 2 fully saturated rings. The first-order valence-electron chi connectivity index (χ1n) is 17.4. The van der Waals surface area contributed by atoms with Gasteiger partial charge in [0.05, 0.1) is 32.3 Å². The number of aromatic nitrogens is 2. The van der Waals surface area contributed by atoms with Gasteiger partial charge >= 0.3 is 0 Å². The van der Waals surface area contributed by atoms with Crippen LogP contribution in [0.4, 0.5) is 17.6 Å². The summed E-state index contributed by atoms with van der Waals surface area (Å²) >= 11 is 2.85. The van der Waals surface area contributed by atoms with Crippen LogP contribution in [0.15, 0.2) is 35.4 Å². The van der Waals surface area contributed by atoms with Gasteiger partial charge in [-0.2, -0.15) is 0 Å². The molecule has 260 valence electrons. The van der Waals surface area contributed by atoms with Crippen LogP contribution in [0.25, 0.3) is 23.3 Å². The zero-order chi connectivity index (χ0) is 35.8. The normalized spacial score (nSPS) is 20.6. The van der Waals surface area contributed by atoms with E-state index in [9.17, 15) is 36.7 Å². The molecule has 0 amide bonds. The molecule has 6 nitrogen and oxygen atoms in total. The Hall–Kier alpha value is -4.68. The van der Waals surface area contributed by atoms with Crippen LogP contribution in [0.2, 0.25) is 0 Å². The van der Waals surface area contributed by atoms with E-state index in [-0.39, 0.29) is 33.4 Å². The topological polar surface area (TPSA) is 94.1 Å². The van der Waals surface area contributed by atoms with Crippen molar-refractivity contribution < 1.29 is 36.7 Å². The number of halogens is 4. The Labute approximate surface area is 302 Å². The zero-order valence-corrected chi connectivity index (χ0v) is 29.0. The van der Waals surface area contributed by atoms with Crippen molar-refractivity contribution in [2.45, 2.75) is 75.0 Å². The molecule has 10 rings (SSSR count). The third-order valence-corrected chi connectivity index (χ3v) is 13.9. The number of hydrogen-bond donors (Lipinski definition) is 0. The molecule has 2 aromatic carbocycles. The number of carbonyl (C=O) groups excluding carboxylic acids is 4. The minimum atomic E-state index is -1.19. The van der Waals surface area contributed by atoms with Gasteiger partial charge in [-0.1, -0.05) is 38.5 Å². The predicted molar refractivity (Wildman–Crippen MR) is 187 cm³/mol. The van der Waals surface area contributed by atoms with Crippen LogP contribution in [-0.2, 0) is 10.8 Å². The highest BCUT2D eigenvalue weighted by Crippen LogP contribution is 2.70. The minimum Gasteiger partial charge on any atom is -0.288 e. The van der Waals surface area contributed by atoms with E-state index < -0.39 is 57.2 Å². The fourth-order valence-electron chi connectivity index (χ4n) is 9.59. The Morgan fingerprint density at radius 1 is 0.500 bits per heavy atom. The molecule has 2 heterocycles. The molecule has 6 aliphatic carbocycles.